The molecule has 2 aliphatic rings. The second kappa shape index (κ2) is 7.45. The molecular formula is C17H20O5. The molecular weight excluding hydrogens is 284 g/mol. The first-order valence-electron chi connectivity index (χ1n) is 7.45. The van der Waals surface area contributed by atoms with Crippen LogP contribution in [0, 0.1) is 0 Å². The Labute approximate surface area is 129 Å². The molecule has 1 aromatic rings. The van der Waals surface area contributed by atoms with E-state index in [9.17, 15) is 5.11 Å². The maximum atomic E-state index is 9.31. The van der Waals surface area contributed by atoms with Crippen LogP contribution in [0.2, 0.25) is 0 Å². The lowest BCUT2D eigenvalue weighted by molar-refractivity contribution is -0.0871. The molecule has 5 nitrogen and oxygen atoms in total. The van der Waals surface area contributed by atoms with Crippen LogP contribution in [0.3, 0.4) is 0 Å². The van der Waals surface area contributed by atoms with E-state index in [0.717, 1.165) is 5.56 Å². The van der Waals surface area contributed by atoms with Crippen molar-refractivity contribution in [3.63, 3.8) is 0 Å². The van der Waals surface area contributed by atoms with Gasteiger partial charge < -0.3 is 24.1 Å². The average Bonchev–Trinajstić information content (AvgIpc) is 2.58. The molecule has 118 valence electrons. The van der Waals surface area contributed by atoms with Gasteiger partial charge in [-0.1, -0.05) is 30.4 Å². The van der Waals surface area contributed by atoms with Crippen LogP contribution in [-0.4, -0.2) is 30.9 Å². The van der Waals surface area contributed by atoms with Crippen molar-refractivity contribution < 1.29 is 24.1 Å². The molecule has 5 heteroatoms. The highest BCUT2D eigenvalue weighted by atomic mass is 16.7. The minimum absolute atomic E-state index is 0.0509. The number of hydrogen-bond donors (Lipinski definition) is 1. The highest BCUT2D eigenvalue weighted by molar-refractivity contribution is 5.43. The summed E-state index contributed by atoms with van der Waals surface area (Å²) in [5, 5.41) is 9.31. The molecule has 2 heterocycles. The highest BCUT2D eigenvalue weighted by Gasteiger charge is 2.19. The average molecular weight is 304 g/mol. The van der Waals surface area contributed by atoms with Crippen molar-refractivity contribution >= 4 is 0 Å². The summed E-state index contributed by atoms with van der Waals surface area (Å²) in [6, 6.07) is 5.37. The van der Waals surface area contributed by atoms with Crippen molar-refractivity contribution in [3.8, 4) is 11.5 Å². The van der Waals surface area contributed by atoms with Crippen molar-refractivity contribution in [1.29, 1.82) is 0 Å². The largest absolute Gasteiger partial charge is 0.461 e. The zero-order chi connectivity index (χ0) is 15.2. The second-order valence-corrected chi connectivity index (χ2v) is 5.11. The van der Waals surface area contributed by atoms with Crippen molar-refractivity contribution in [3.05, 3.63) is 48.1 Å². The lowest BCUT2D eigenvalue weighted by Crippen LogP contribution is -2.25. The van der Waals surface area contributed by atoms with Crippen LogP contribution >= 0.6 is 0 Å². The first kappa shape index (κ1) is 15.1. The number of ether oxygens (including phenoxy) is 4. The van der Waals surface area contributed by atoms with E-state index in [-0.39, 0.29) is 19.2 Å². The van der Waals surface area contributed by atoms with E-state index in [1.54, 1.807) is 12.1 Å². The van der Waals surface area contributed by atoms with Gasteiger partial charge in [-0.15, -0.1) is 0 Å². The summed E-state index contributed by atoms with van der Waals surface area (Å²) < 4.78 is 22.8. The Kier molecular flexibility index (Phi) is 5.11. The fraction of sp³-hybridized carbons (Fsp3) is 0.412. The van der Waals surface area contributed by atoms with Crippen LogP contribution < -0.4 is 9.47 Å². The molecule has 0 saturated carbocycles. The monoisotopic (exact) mass is 304 g/mol. The Morgan fingerprint density at radius 2 is 1.55 bits per heavy atom. The maximum Gasteiger partial charge on any atom is 0.203 e. The van der Waals surface area contributed by atoms with Gasteiger partial charge in [-0.3, -0.25) is 0 Å². The van der Waals surface area contributed by atoms with Crippen molar-refractivity contribution in [1.82, 2.24) is 0 Å². The van der Waals surface area contributed by atoms with Gasteiger partial charge in [0, 0.05) is 12.8 Å². The Hall–Kier alpha value is -1.82. The van der Waals surface area contributed by atoms with Gasteiger partial charge in [-0.05, 0) is 17.7 Å². The molecule has 0 radical (unpaired) electrons. The van der Waals surface area contributed by atoms with E-state index in [4.69, 9.17) is 18.9 Å². The molecule has 2 aliphatic heterocycles. The van der Waals surface area contributed by atoms with Gasteiger partial charge in [0.1, 0.15) is 0 Å². The molecule has 2 atom stereocenters. The molecule has 0 aromatic heterocycles. The Bertz CT molecular complexity index is 552. The van der Waals surface area contributed by atoms with E-state index < -0.39 is 0 Å². The van der Waals surface area contributed by atoms with Crippen LogP contribution in [0.15, 0.2) is 42.5 Å². The van der Waals surface area contributed by atoms with Gasteiger partial charge in [-0.2, -0.15) is 0 Å². The van der Waals surface area contributed by atoms with Gasteiger partial charge in [0.2, 0.25) is 12.6 Å². The summed E-state index contributed by atoms with van der Waals surface area (Å²) in [6.07, 6.45) is 8.71. The third-order valence-electron chi connectivity index (χ3n) is 3.45. The van der Waals surface area contributed by atoms with Gasteiger partial charge in [0.15, 0.2) is 11.5 Å². The van der Waals surface area contributed by atoms with Crippen LogP contribution in [0.25, 0.3) is 0 Å². The van der Waals surface area contributed by atoms with E-state index in [1.807, 2.05) is 30.4 Å². The first-order valence-corrected chi connectivity index (χ1v) is 7.45. The molecule has 0 bridgehead atoms. The van der Waals surface area contributed by atoms with Crippen LogP contribution in [0.4, 0.5) is 0 Å². The number of aliphatic hydroxyl groups is 1. The molecule has 1 N–H and O–H groups in total. The van der Waals surface area contributed by atoms with Gasteiger partial charge in [0.05, 0.1) is 19.8 Å². The lowest BCUT2D eigenvalue weighted by Gasteiger charge is -2.25. The Morgan fingerprint density at radius 1 is 0.909 bits per heavy atom. The molecule has 0 saturated heterocycles. The summed E-state index contributed by atoms with van der Waals surface area (Å²) >= 11 is 0. The quantitative estimate of drug-likeness (QED) is 0.847. The van der Waals surface area contributed by atoms with E-state index in [1.165, 1.54) is 0 Å². The number of rotatable bonds is 5. The molecule has 3 rings (SSSR count). The van der Waals surface area contributed by atoms with Crippen LogP contribution in [0.1, 0.15) is 18.4 Å². The number of hydrogen-bond acceptors (Lipinski definition) is 5. The molecule has 2 unspecified atom stereocenters. The van der Waals surface area contributed by atoms with Gasteiger partial charge >= 0.3 is 0 Å². The molecule has 0 amide bonds. The number of aliphatic hydroxyl groups excluding tert-OH is 1. The SMILES string of the molecule is OCc1ccc(OC2CC=CCO2)c(OC2CC=CCO2)c1. The normalized spacial score (nSPS) is 24.2. The Morgan fingerprint density at radius 3 is 2.09 bits per heavy atom. The zero-order valence-electron chi connectivity index (χ0n) is 12.3. The summed E-state index contributed by atoms with van der Waals surface area (Å²) in [5.74, 6) is 1.15. The second-order valence-electron chi connectivity index (χ2n) is 5.11. The third kappa shape index (κ3) is 3.88. The number of benzene rings is 1. The maximum absolute atomic E-state index is 9.31. The molecule has 0 fully saturated rings. The topological polar surface area (TPSA) is 57.2 Å². The lowest BCUT2D eigenvalue weighted by atomic mass is 10.2. The molecule has 1 aromatic carbocycles. The van der Waals surface area contributed by atoms with E-state index in [2.05, 4.69) is 0 Å². The summed E-state index contributed by atoms with van der Waals surface area (Å²) in [6.45, 7) is 1.04. The highest BCUT2D eigenvalue weighted by Crippen LogP contribution is 2.32. The van der Waals surface area contributed by atoms with Crippen LogP contribution in [0.5, 0.6) is 11.5 Å². The fourth-order valence-corrected chi connectivity index (χ4v) is 2.30. The predicted octanol–water partition coefficient (Wildman–Crippen LogP) is 2.54. The smallest absolute Gasteiger partial charge is 0.203 e. The van der Waals surface area contributed by atoms with Crippen LogP contribution in [-0.2, 0) is 16.1 Å². The Balaban J connectivity index is 1.75. The minimum Gasteiger partial charge on any atom is -0.461 e. The van der Waals surface area contributed by atoms with Gasteiger partial charge in [0.25, 0.3) is 0 Å². The summed E-state index contributed by atoms with van der Waals surface area (Å²) in [7, 11) is 0. The van der Waals surface area contributed by atoms with E-state index in [0.29, 0.717) is 37.6 Å². The summed E-state index contributed by atoms with van der Waals surface area (Å²) in [5.41, 5.74) is 0.762. The summed E-state index contributed by atoms with van der Waals surface area (Å²) in [4.78, 5) is 0. The zero-order valence-corrected chi connectivity index (χ0v) is 12.3. The third-order valence-corrected chi connectivity index (χ3v) is 3.45. The first-order chi connectivity index (χ1) is 10.8. The predicted molar refractivity (Wildman–Crippen MR) is 80.6 cm³/mol. The standard InChI is InChI=1S/C17H20O5/c18-12-13-7-8-14(21-16-5-1-3-9-19-16)15(11-13)22-17-6-2-4-10-20-17/h1-4,7-8,11,16-18H,5-6,9-10,12H2. The van der Waals surface area contributed by atoms with E-state index >= 15 is 0 Å². The van der Waals surface area contributed by atoms with Gasteiger partial charge in [-0.25, -0.2) is 0 Å². The van der Waals surface area contributed by atoms with Crippen molar-refractivity contribution in [2.24, 2.45) is 0 Å². The van der Waals surface area contributed by atoms with Crippen molar-refractivity contribution in [2.75, 3.05) is 13.2 Å². The molecule has 0 spiro atoms. The minimum atomic E-state index is -0.339. The molecule has 22 heavy (non-hydrogen) atoms. The fourth-order valence-electron chi connectivity index (χ4n) is 2.30. The van der Waals surface area contributed by atoms with Crippen molar-refractivity contribution in [2.45, 2.75) is 32.0 Å². The molecule has 0 aliphatic carbocycles.